The van der Waals surface area contributed by atoms with Gasteiger partial charge in [0.05, 0.1) is 17.2 Å². The van der Waals surface area contributed by atoms with Crippen molar-refractivity contribution in [2.24, 2.45) is 0 Å². The van der Waals surface area contributed by atoms with E-state index in [0.717, 1.165) is 59.5 Å². The Balaban J connectivity index is 1.37. The van der Waals surface area contributed by atoms with Crippen molar-refractivity contribution in [3.63, 3.8) is 0 Å². The third-order valence-corrected chi connectivity index (χ3v) is 7.09. The first-order valence-electron chi connectivity index (χ1n) is 14.0. The number of carbonyl (C=O) groups is 2. The number of hydrogen-bond acceptors (Lipinski definition) is 5. The lowest BCUT2D eigenvalue weighted by Crippen LogP contribution is -2.27. The fraction of sp³-hybridized carbons (Fsp3) is 0.229. The number of hydrogen-bond donors (Lipinski definition) is 2. The van der Waals surface area contributed by atoms with Crippen LogP contribution in [0.3, 0.4) is 0 Å². The quantitative estimate of drug-likeness (QED) is 0.153. The number of rotatable bonds is 15. The minimum atomic E-state index is -0.953. The van der Waals surface area contributed by atoms with Gasteiger partial charge in [0.25, 0.3) is 0 Å². The zero-order valence-electron chi connectivity index (χ0n) is 23.4. The predicted octanol–water partition coefficient (Wildman–Crippen LogP) is 6.80. The van der Waals surface area contributed by atoms with Crippen molar-refractivity contribution in [1.82, 2.24) is 4.90 Å². The summed E-state index contributed by atoms with van der Waals surface area (Å²) in [6.45, 7) is 2.55. The number of carboxylic acids is 2. The third-order valence-electron chi connectivity index (χ3n) is 7.09. The van der Waals surface area contributed by atoms with Crippen LogP contribution in [-0.2, 0) is 24.4 Å². The second-order valence-corrected chi connectivity index (χ2v) is 10.2. The van der Waals surface area contributed by atoms with Gasteiger partial charge >= 0.3 is 11.9 Å². The largest absolute Gasteiger partial charge is 0.489 e. The Kier molecular flexibility index (Phi) is 10.9. The summed E-state index contributed by atoms with van der Waals surface area (Å²) in [4.78, 5) is 24.4. The monoisotopic (exact) mass is 562 g/mol. The van der Waals surface area contributed by atoms with Crippen LogP contribution in [0.4, 0.5) is 0 Å². The van der Waals surface area contributed by atoms with Gasteiger partial charge in [0.15, 0.2) is 0 Å². The Morgan fingerprint density at radius 3 is 2.05 bits per heavy atom. The maximum absolute atomic E-state index is 11.2. The van der Waals surface area contributed by atoms with Crippen LogP contribution in [0, 0.1) is 11.3 Å². The average Bonchev–Trinajstić information content (AvgIpc) is 3.01. The van der Waals surface area contributed by atoms with Crippen LogP contribution in [0.25, 0.3) is 11.1 Å². The van der Waals surface area contributed by atoms with Crippen LogP contribution in [0.5, 0.6) is 5.75 Å². The standard InChI is InChI=1S/C35H34N2O5/c36-23-26-8-14-29(15-9-26)30-16-12-28(13-17-30)25-42-33-6-2-1-5-31(33)20-22-37(21-4-3-7-34(38)39)24-27-10-18-32(19-11-27)35(40)41/h1-2,5-6,8-19H,3-4,7,20-22,24-25H2,(H,38,39)(H,40,41). The summed E-state index contributed by atoms with van der Waals surface area (Å²) >= 11 is 0. The van der Waals surface area contributed by atoms with Crippen LogP contribution in [0.2, 0.25) is 0 Å². The Morgan fingerprint density at radius 1 is 0.762 bits per heavy atom. The molecule has 2 N–H and O–H groups in total. The minimum Gasteiger partial charge on any atom is -0.489 e. The van der Waals surface area contributed by atoms with Gasteiger partial charge in [0.2, 0.25) is 0 Å². The van der Waals surface area contributed by atoms with Gasteiger partial charge in [-0.1, -0.05) is 66.7 Å². The fourth-order valence-electron chi connectivity index (χ4n) is 4.71. The molecule has 4 aromatic carbocycles. The molecule has 0 bridgehead atoms. The zero-order chi connectivity index (χ0) is 29.7. The van der Waals surface area contributed by atoms with Gasteiger partial charge in [0.1, 0.15) is 12.4 Å². The van der Waals surface area contributed by atoms with Crippen molar-refractivity contribution >= 4 is 11.9 Å². The van der Waals surface area contributed by atoms with Crippen molar-refractivity contribution in [2.75, 3.05) is 13.1 Å². The highest BCUT2D eigenvalue weighted by molar-refractivity contribution is 5.87. The second kappa shape index (κ2) is 15.2. The van der Waals surface area contributed by atoms with E-state index in [4.69, 9.17) is 15.1 Å². The van der Waals surface area contributed by atoms with E-state index < -0.39 is 11.9 Å². The lowest BCUT2D eigenvalue weighted by atomic mass is 10.0. The highest BCUT2D eigenvalue weighted by Crippen LogP contribution is 2.23. The average molecular weight is 563 g/mol. The van der Waals surface area contributed by atoms with Crippen LogP contribution in [0.15, 0.2) is 97.1 Å². The molecule has 0 amide bonds. The lowest BCUT2D eigenvalue weighted by Gasteiger charge is -2.23. The number of carboxylic acid groups (broad SMARTS) is 2. The molecule has 4 rings (SSSR count). The second-order valence-electron chi connectivity index (χ2n) is 10.2. The number of unbranched alkanes of at least 4 members (excludes halogenated alkanes) is 1. The Morgan fingerprint density at radius 2 is 1.40 bits per heavy atom. The number of para-hydroxylation sites is 1. The highest BCUT2D eigenvalue weighted by Gasteiger charge is 2.11. The normalized spacial score (nSPS) is 10.8. The molecular formula is C35H34N2O5. The molecule has 0 aromatic heterocycles. The summed E-state index contributed by atoms with van der Waals surface area (Å²) in [6.07, 6.45) is 2.26. The van der Waals surface area contributed by atoms with E-state index in [2.05, 4.69) is 29.2 Å². The van der Waals surface area contributed by atoms with Gasteiger partial charge in [-0.15, -0.1) is 0 Å². The van der Waals surface area contributed by atoms with Crippen LogP contribution in [0.1, 0.15) is 51.9 Å². The number of aromatic carboxylic acids is 1. The maximum atomic E-state index is 11.2. The molecule has 214 valence electrons. The summed E-state index contributed by atoms with van der Waals surface area (Å²) in [6, 6.07) is 32.7. The molecule has 0 spiro atoms. The summed E-state index contributed by atoms with van der Waals surface area (Å²) in [5.41, 5.74) is 6.16. The molecular weight excluding hydrogens is 528 g/mol. The molecule has 0 aliphatic carbocycles. The molecule has 0 saturated carbocycles. The zero-order valence-corrected chi connectivity index (χ0v) is 23.4. The van der Waals surface area contributed by atoms with Crippen molar-refractivity contribution in [2.45, 2.75) is 38.8 Å². The summed E-state index contributed by atoms with van der Waals surface area (Å²) < 4.78 is 6.23. The first kappa shape index (κ1) is 30.0. The van der Waals surface area contributed by atoms with Crippen LogP contribution < -0.4 is 4.74 Å². The number of nitriles is 1. The number of nitrogens with zero attached hydrogens (tertiary/aromatic N) is 2. The molecule has 0 unspecified atom stereocenters. The molecule has 7 nitrogen and oxygen atoms in total. The number of aliphatic carboxylic acids is 1. The molecule has 0 radical (unpaired) electrons. The summed E-state index contributed by atoms with van der Waals surface area (Å²) in [7, 11) is 0. The van der Waals surface area contributed by atoms with E-state index in [1.54, 1.807) is 12.1 Å². The van der Waals surface area contributed by atoms with Gasteiger partial charge in [-0.25, -0.2) is 4.79 Å². The van der Waals surface area contributed by atoms with E-state index in [-0.39, 0.29) is 12.0 Å². The Labute approximate surface area is 246 Å². The first-order valence-corrected chi connectivity index (χ1v) is 14.0. The van der Waals surface area contributed by atoms with Crippen LogP contribution in [-0.4, -0.2) is 40.1 Å². The smallest absolute Gasteiger partial charge is 0.335 e. The molecule has 0 aliphatic rings. The number of ether oxygens (including phenoxy) is 1. The van der Waals surface area contributed by atoms with Crippen LogP contribution >= 0.6 is 0 Å². The first-order chi connectivity index (χ1) is 20.4. The third kappa shape index (κ3) is 9.05. The molecule has 7 heteroatoms. The summed E-state index contributed by atoms with van der Waals surface area (Å²) in [5, 5.41) is 27.2. The number of benzene rings is 4. The van der Waals surface area contributed by atoms with Gasteiger partial charge in [-0.05, 0) is 84.0 Å². The maximum Gasteiger partial charge on any atom is 0.335 e. The fourth-order valence-corrected chi connectivity index (χ4v) is 4.71. The topological polar surface area (TPSA) is 111 Å². The van der Waals surface area contributed by atoms with E-state index >= 15 is 0 Å². The molecule has 0 heterocycles. The van der Waals surface area contributed by atoms with Crippen molar-refractivity contribution < 1.29 is 24.5 Å². The molecule has 0 saturated heterocycles. The van der Waals surface area contributed by atoms with E-state index in [1.807, 2.05) is 66.7 Å². The van der Waals surface area contributed by atoms with Gasteiger partial charge in [-0.2, -0.15) is 5.26 Å². The SMILES string of the molecule is N#Cc1ccc(-c2ccc(COc3ccccc3CCN(CCCCC(=O)O)Cc3ccc(C(=O)O)cc3)cc2)cc1. The van der Waals surface area contributed by atoms with Gasteiger partial charge in [-0.3, -0.25) is 9.69 Å². The van der Waals surface area contributed by atoms with Crippen molar-refractivity contribution in [3.8, 4) is 22.9 Å². The molecule has 4 aromatic rings. The Bertz CT molecular complexity index is 1510. The molecule has 42 heavy (non-hydrogen) atoms. The molecule has 0 aliphatic heterocycles. The lowest BCUT2D eigenvalue weighted by molar-refractivity contribution is -0.137. The Hall–Kier alpha value is -4.93. The highest BCUT2D eigenvalue weighted by atomic mass is 16.5. The van der Waals surface area contributed by atoms with Crippen molar-refractivity contribution in [3.05, 3.63) is 125 Å². The van der Waals surface area contributed by atoms with Gasteiger partial charge in [0, 0.05) is 19.5 Å². The van der Waals surface area contributed by atoms with Crippen molar-refractivity contribution in [1.29, 1.82) is 5.26 Å². The van der Waals surface area contributed by atoms with E-state index in [9.17, 15) is 14.7 Å². The predicted molar refractivity (Wildman–Crippen MR) is 161 cm³/mol. The van der Waals surface area contributed by atoms with E-state index in [1.165, 1.54) is 0 Å². The summed E-state index contributed by atoms with van der Waals surface area (Å²) in [5.74, 6) is -0.919. The van der Waals surface area contributed by atoms with E-state index in [0.29, 0.717) is 25.1 Å². The molecule has 0 fully saturated rings. The minimum absolute atomic E-state index is 0.145. The molecule has 0 atom stereocenters. The van der Waals surface area contributed by atoms with Gasteiger partial charge < -0.3 is 14.9 Å².